The number of piperidine rings is 1. The molecule has 1 amide bonds. The van der Waals surface area contributed by atoms with Crippen molar-refractivity contribution < 1.29 is 4.79 Å². The lowest BCUT2D eigenvalue weighted by molar-refractivity contribution is -0.121. The molecule has 3 rings (SSSR count). The molecular weight excluding hydrogens is 348 g/mol. The Labute approximate surface area is 150 Å². The third kappa shape index (κ3) is 4.00. The van der Waals surface area contributed by atoms with Gasteiger partial charge in [-0.05, 0) is 43.7 Å². The summed E-state index contributed by atoms with van der Waals surface area (Å²) in [6.07, 6.45) is 5.05. The van der Waals surface area contributed by atoms with Crippen LogP contribution in [0.2, 0.25) is 5.02 Å². The van der Waals surface area contributed by atoms with Crippen molar-refractivity contribution in [2.24, 2.45) is 13.0 Å². The highest BCUT2D eigenvalue weighted by molar-refractivity contribution is 7.71. The fourth-order valence-corrected chi connectivity index (χ4v) is 3.05. The molecule has 9 heteroatoms. The fourth-order valence-electron chi connectivity index (χ4n) is 2.78. The van der Waals surface area contributed by atoms with Crippen molar-refractivity contribution >= 4 is 35.5 Å². The third-order valence-electron chi connectivity index (χ3n) is 4.08. The molecule has 1 N–H and O–H groups in total. The second-order valence-corrected chi connectivity index (χ2v) is 6.73. The summed E-state index contributed by atoms with van der Waals surface area (Å²) in [5.74, 6) is 0.432. The van der Waals surface area contributed by atoms with E-state index in [0.29, 0.717) is 28.8 Å². The van der Waals surface area contributed by atoms with E-state index in [4.69, 9.17) is 23.8 Å². The van der Waals surface area contributed by atoms with E-state index in [9.17, 15) is 4.79 Å². The molecule has 24 heavy (non-hydrogen) atoms. The van der Waals surface area contributed by atoms with Crippen LogP contribution in [0.25, 0.3) is 0 Å². The lowest BCUT2D eigenvalue weighted by Gasteiger charge is -2.31. The van der Waals surface area contributed by atoms with E-state index in [1.54, 1.807) is 27.7 Å². The number of rotatable bonds is 4. The van der Waals surface area contributed by atoms with Gasteiger partial charge in [0.1, 0.15) is 12.1 Å². The highest BCUT2D eigenvalue weighted by Crippen LogP contribution is 2.19. The Balaban J connectivity index is 1.60. The van der Waals surface area contributed by atoms with Crippen LogP contribution >= 0.6 is 23.8 Å². The Bertz CT molecular complexity index is 771. The van der Waals surface area contributed by atoms with Gasteiger partial charge in [-0.15, -0.1) is 0 Å². The van der Waals surface area contributed by atoms with Crippen molar-refractivity contribution in [2.75, 3.05) is 18.4 Å². The zero-order valence-corrected chi connectivity index (χ0v) is 14.9. The maximum absolute atomic E-state index is 12.5. The molecule has 0 aliphatic carbocycles. The molecule has 128 valence electrons. The molecular formula is C15H19ClN6OS. The summed E-state index contributed by atoms with van der Waals surface area (Å²) >= 11 is 11.1. The first-order valence-electron chi connectivity index (χ1n) is 7.76. The third-order valence-corrected chi connectivity index (χ3v) is 4.80. The number of nitrogens with zero attached hydrogens (tertiary/aromatic N) is 5. The molecule has 1 aliphatic heterocycles. The van der Waals surface area contributed by atoms with E-state index < -0.39 is 0 Å². The molecule has 1 unspecified atom stereocenters. The van der Waals surface area contributed by atoms with E-state index in [1.807, 2.05) is 7.05 Å². The zero-order chi connectivity index (χ0) is 17.1. The number of halogens is 1. The van der Waals surface area contributed by atoms with Crippen LogP contribution in [0.4, 0.5) is 5.82 Å². The van der Waals surface area contributed by atoms with Gasteiger partial charge in [0.25, 0.3) is 0 Å². The topological polar surface area (TPSA) is 68.0 Å². The van der Waals surface area contributed by atoms with Crippen LogP contribution in [0.3, 0.4) is 0 Å². The number of aryl methyl sites for hydroxylation is 1. The maximum Gasteiger partial charge on any atom is 0.229 e. The number of carbonyl (C=O) groups is 1. The van der Waals surface area contributed by atoms with E-state index in [0.717, 1.165) is 19.4 Å². The Morgan fingerprint density at radius 2 is 2.33 bits per heavy atom. The van der Waals surface area contributed by atoms with Crippen molar-refractivity contribution in [3.05, 3.63) is 34.5 Å². The molecule has 1 saturated heterocycles. The van der Waals surface area contributed by atoms with Crippen LogP contribution < -0.4 is 5.32 Å². The quantitative estimate of drug-likeness (QED) is 0.841. The summed E-state index contributed by atoms with van der Waals surface area (Å²) in [5.41, 5.74) is 0. The standard InChI is InChI=1S/C15H19ClN6OS/c1-20-9-18-22(15(20)24)10-21-6-2-3-11(8-21)14(23)19-13-5-4-12(16)7-17-13/h4-5,7,9,11H,2-3,6,8,10H2,1H3,(H,17,19,23). The number of anilines is 1. The van der Waals surface area contributed by atoms with E-state index >= 15 is 0 Å². The minimum absolute atomic E-state index is 0.0147. The lowest BCUT2D eigenvalue weighted by Crippen LogP contribution is -2.41. The van der Waals surface area contributed by atoms with Gasteiger partial charge in [0, 0.05) is 19.8 Å². The summed E-state index contributed by atoms with van der Waals surface area (Å²) in [6, 6.07) is 3.41. The molecule has 1 aliphatic rings. The van der Waals surface area contributed by atoms with Crippen LogP contribution in [0, 0.1) is 10.7 Å². The first kappa shape index (κ1) is 17.1. The molecule has 1 fully saturated rings. The molecule has 2 aromatic rings. The molecule has 3 heterocycles. The number of amides is 1. The second-order valence-electron chi connectivity index (χ2n) is 5.93. The Morgan fingerprint density at radius 1 is 1.50 bits per heavy atom. The minimum Gasteiger partial charge on any atom is -0.310 e. The van der Waals surface area contributed by atoms with Crippen molar-refractivity contribution in [3.8, 4) is 0 Å². The minimum atomic E-state index is -0.0749. The molecule has 0 radical (unpaired) electrons. The van der Waals surface area contributed by atoms with Gasteiger partial charge in [0.05, 0.1) is 17.6 Å². The summed E-state index contributed by atoms with van der Waals surface area (Å²) in [5, 5.41) is 7.67. The van der Waals surface area contributed by atoms with Crippen molar-refractivity contribution in [2.45, 2.75) is 19.5 Å². The average Bonchev–Trinajstić information content (AvgIpc) is 2.89. The predicted molar refractivity (Wildman–Crippen MR) is 94.2 cm³/mol. The monoisotopic (exact) mass is 366 g/mol. The summed E-state index contributed by atoms with van der Waals surface area (Å²) in [7, 11) is 1.87. The first-order chi connectivity index (χ1) is 11.5. The number of likely N-dealkylation sites (tertiary alicyclic amines) is 1. The highest BCUT2D eigenvalue weighted by atomic mass is 35.5. The number of hydrogen-bond acceptors (Lipinski definition) is 5. The fraction of sp³-hybridized carbons (Fsp3) is 0.467. The van der Waals surface area contributed by atoms with E-state index in [1.165, 1.54) is 6.20 Å². The van der Waals surface area contributed by atoms with Crippen LogP contribution in [-0.2, 0) is 18.5 Å². The summed E-state index contributed by atoms with van der Waals surface area (Å²) < 4.78 is 4.25. The van der Waals surface area contributed by atoms with Crippen LogP contribution in [0.15, 0.2) is 24.7 Å². The Kier molecular flexibility index (Phi) is 5.27. The molecule has 0 spiro atoms. The zero-order valence-electron chi connectivity index (χ0n) is 13.4. The predicted octanol–water partition coefficient (Wildman–Crippen LogP) is 2.31. The van der Waals surface area contributed by atoms with Crippen molar-refractivity contribution in [1.29, 1.82) is 0 Å². The van der Waals surface area contributed by atoms with Crippen LogP contribution in [-0.4, -0.2) is 43.2 Å². The van der Waals surface area contributed by atoms with E-state index in [-0.39, 0.29) is 11.8 Å². The smallest absolute Gasteiger partial charge is 0.229 e. The van der Waals surface area contributed by atoms with Gasteiger partial charge in [-0.1, -0.05) is 11.6 Å². The largest absolute Gasteiger partial charge is 0.310 e. The van der Waals surface area contributed by atoms with Crippen LogP contribution in [0.5, 0.6) is 0 Å². The number of carbonyl (C=O) groups excluding carboxylic acids is 1. The van der Waals surface area contributed by atoms with Crippen molar-refractivity contribution in [1.82, 2.24) is 24.2 Å². The number of aromatic nitrogens is 4. The first-order valence-corrected chi connectivity index (χ1v) is 8.55. The number of hydrogen-bond donors (Lipinski definition) is 1. The molecule has 0 bridgehead atoms. The molecule has 0 saturated carbocycles. The summed E-state index contributed by atoms with van der Waals surface area (Å²) in [4.78, 5) is 18.8. The maximum atomic E-state index is 12.5. The molecule has 1 atom stereocenters. The lowest BCUT2D eigenvalue weighted by atomic mass is 9.97. The van der Waals surface area contributed by atoms with Crippen LogP contribution in [0.1, 0.15) is 12.8 Å². The average molecular weight is 367 g/mol. The molecule has 0 aromatic carbocycles. The Morgan fingerprint density at radius 3 is 3.00 bits per heavy atom. The number of pyridine rings is 1. The van der Waals surface area contributed by atoms with Gasteiger partial charge in [0.2, 0.25) is 5.91 Å². The van der Waals surface area contributed by atoms with Crippen molar-refractivity contribution in [3.63, 3.8) is 0 Å². The number of nitrogens with one attached hydrogen (secondary N) is 1. The van der Waals surface area contributed by atoms with Gasteiger partial charge >= 0.3 is 0 Å². The van der Waals surface area contributed by atoms with E-state index in [2.05, 4.69) is 20.3 Å². The van der Waals surface area contributed by atoms with Gasteiger partial charge in [-0.25, -0.2) is 9.67 Å². The normalized spacial score (nSPS) is 18.5. The second kappa shape index (κ2) is 7.42. The highest BCUT2D eigenvalue weighted by Gasteiger charge is 2.26. The molecule has 2 aromatic heterocycles. The van der Waals surface area contributed by atoms with Gasteiger partial charge < -0.3 is 9.88 Å². The van der Waals surface area contributed by atoms with Gasteiger partial charge in [-0.2, -0.15) is 5.10 Å². The van der Waals surface area contributed by atoms with Gasteiger partial charge in [-0.3, -0.25) is 9.69 Å². The summed E-state index contributed by atoms with van der Waals surface area (Å²) in [6.45, 7) is 2.21. The SMILES string of the molecule is Cn1cnn(CN2CCCC(C(=O)Nc3ccc(Cl)cn3)C2)c1=S. The van der Waals surface area contributed by atoms with Gasteiger partial charge in [0.15, 0.2) is 4.77 Å². The molecule has 7 nitrogen and oxygen atoms in total. The Hall–Kier alpha value is -1.77.